The Hall–Kier alpha value is -0.120. The van der Waals surface area contributed by atoms with Crippen molar-refractivity contribution in [3.63, 3.8) is 0 Å². The first-order valence-electron chi connectivity index (χ1n) is 7.10. The van der Waals surface area contributed by atoms with Crippen LogP contribution < -0.4 is 5.43 Å². The van der Waals surface area contributed by atoms with Crippen molar-refractivity contribution in [1.29, 1.82) is 0 Å². The molecule has 2 aliphatic heterocycles. The van der Waals surface area contributed by atoms with Gasteiger partial charge in [-0.05, 0) is 39.0 Å². The predicted octanol–water partition coefficient (Wildman–Crippen LogP) is 1.60. The lowest BCUT2D eigenvalue weighted by Gasteiger charge is -2.30. The summed E-state index contributed by atoms with van der Waals surface area (Å²) in [5.41, 5.74) is 3.75. The van der Waals surface area contributed by atoms with Gasteiger partial charge in [0.1, 0.15) is 0 Å². The van der Waals surface area contributed by atoms with Crippen LogP contribution in [-0.2, 0) is 0 Å². The van der Waals surface area contributed by atoms with Gasteiger partial charge < -0.3 is 0 Å². The zero-order chi connectivity index (χ0) is 11.0. The number of hydrogen-bond donors (Lipinski definition) is 1. The third-order valence-corrected chi connectivity index (χ3v) is 4.36. The summed E-state index contributed by atoms with van der Waals surface area (Å²) >= 11 is 0. The average Bonchev–Trinajstić information content (AvgIpc) is 3.06. The van der Waals surface area contributed by atoms with Gasteiger partial charge in [-0.2, -0.15) is 0 Å². The van der Waals surface area contributed by atoms with Crippen molar-refractivity contribution < 1.29 is 0 Å². The molecule has 2 saturated heterocycles. The van der Waals surface area contributed by atoms with Gasteiger partial charge in [0.25, 0.3) is 0 Å². The molecule has 1 saturated carbocycles. The maximum Gasteiger partial charge on any atom is 0.0357 e. The summed E-state index contributed by atoms with van der Waals surface area (Å²) in [5.74, 6) is 0. The molecule has 2 unspecified atom stereocenters. The molecule has 3 heteroatoms. The van der Waals surface area contributed by atoms with Crippen LogP contribution in [0.1, 0.15) is 45.4 Å². The van der Waals surface area contributed by atoms with Crippen LogP contribution in [0.15, 0.2) is 0 Å². The molecular weight excluding hydrogens is 198 g/mol. The molecule has 0 radical (unpaired) electrons. The molecule has 3 nitrogen and oxygen atoms in total. The lowest BCUT2D eigenvalue weighted by atomic mass is 10.1. The highest BCUT2D eigenvalue weighted by Crippen LogP contribution is 2.33. The Morgan fingerprint density at radius 1 is 1.06 bits per heavy atom. The van der Waals surface area contributed by atoms with Crippen molar-refractivity contribution in [2.75, 3.05) is 19.6 Å². The number of piperidine rings is 1. The Labute approximate surface area is 99.1 Å². The van der Waals surface area contributed by atoms with Gasteiger partial charge in [-0.15, -0.1) is 0 Å². The standard InChI is InChI=1S/C13H25N3/c1-11-9-12(10-16(11)13-5-6-13)14-15-7-3-2-4-8-15/h11-14H,2-10H2,1H3. The van der Waals surface area contributed by atoms with Gasteiger partial charge in [0.2, 0.25) is 0 Å². The van der Waals surface area contributed by atoms with E-state index in [9.17, 15) is 0 Å². The molecule has 16 heavy (non-hydrogen) atoms. The van der Waals surface area contributed by atoms with Gasteiger partial charge in [0.15, 0.2) is 0 Å². The smallest absolute Gasteiger partial charge is 0.0357 e. The van der Waals surface area contributed by atoms with Gasteiger partial charge in [-0.25, -0.2) is 5.01 Å². The highest BCUT2D eigenvalue weighted by atomic mass is 15.5. The van der Waals surface area contributed by atoms with Crippen molar-refractivity contribution in [1.82, 2.24) is 15.3 Å². The largest absolute Gasteiger partial charge is 0.296 e. The molecule has 2 atom stereocenters. The van der Waals surface area contributed by atoms with Gasteiger partial charge in [-0.3, -0.25) is 10.3 Å². The minimum atomic E-state index is 0.716. The van der Waals surface area contributed by atoms with E-state index in [4.69, 9.17) is 0 Å². The van der Waals surface area contributed by atoms with Crippen molar-refractivity contribution in [2.45, 2.75) is 63.6 Å². The molecule has 0 bridgehead atoms. The molecule has 0 spiro atoms. The quantitative estimate of drug-likeness (QED) is 0.784. The minimum absolute atomic E-state index is 0.716. The fraction of sp³-hybridized carbons (Fsp3) is 1.00. The van der Waals surface area contributed by atoms with E-state index in [1.807, 2.05) is 0 Å². The predicted molar refractivity (Wildman–Crippen MR) is 66.2 cm³/mol. The van der Waals surface area contributed by atoms with Crippen molar-refractivity contribution >= 4 is 0 Å². The second-order valence-corrected chi connectivity index (χ2v) is 5.89. The summed E-state index contributed by atoms with van der Waals surface area (Å²) in [6, 6.07) is 2.45. The van der Waals surface area contributed by atoms with E-state index in [1.54, 1.807) is 0 Å². The molecule has 1 aliphatic carbocycles. The summed E-state index contributed by atoms with van der Waals surface area (Å²) < 4.78 is 0. The highest BCUT2D eigenvalue weighted by Gasteiger charge is 2.39. The van der Waals surface area contributed by atoms with E-state index in [-0.39, 0.29) is 0 Å². The Balaban J connectivity index is 1.48. The van der Waals surface area contributed by atoms with Gasteiger partial charge in [0.05, 0.1) is 0 Å². The maximum atomic E-state index is 3.75. The van der Waals surface area contributed by atoms with Crippen LogP contribution in [0.5, 0.6) is 0 Å². The van der Waals surface area contributed by atoms with Gasteiger partial charge in [-0.1, -0.05) is 6.42 Å². The number of nitrogens with one attached hydrogen (secondary N) is 1. The molecule has 1 N–H and O–H groups in total. The Bertz CT molecular complexity index is 233. The minimum Gasteiger partial charge on any atom is -0.296 e. The van der Waals surface area contributed by atoms with E-state index in [1.165, 1.54) is 58.2 Å². The summed E-state index contributed by atoms with van der Waals surface area (Å²) in [7, 11) is 0. The first kappa shape index (κ1) is 11.0. The van der Waals surface area contributed by atoms with Gasteiger partial charge >= 0.3 is 0 Å². The van der Waals surface area contributed by atoms with Crippen LogP contribution in [0, 0.1) is 0 Å². The molecule has 3 aliphatic rings. The van der Waals surface area contributed by atoms with Crippen LogP contribution >= 0.6 is 0 Å². The zero-order valence-corrected chi connectivity index (χ0v) is 10.5. The molecular formula is C13H25N3. The Kier molecular flexibility index (Phi) is 3.18. The third kappa shape index (κ3) is 2.41. The maximum absolute atomic E-state index is 3.75. The van der Waals surface area contributed by atoms with Gasteiger partial charge in [0, 0.05) is 37.8 Å². The van der Waals surface area contributed by atoms with Crippen LogP contribution in [-0.4, -0.2) is 47.7 Å². The van der Waals surface area contributed by atoms with E-state index in [0.29, 0.717) is 6.04 Å². The topological polar surface area (TPSA) is 18.5 Å². The van der Waals surface area contributed by atoms with Crippen LogP contribution in [0.4, 0.5) is 0 Å². The number of hydrazine groups is 1. The highest BCUT2D eigenvalue weighted by molar-refractivity contribution is 4.95. The van der Waals surface area contributed by atoms with Crippen molar-refractivity contribution in [3.05, 3.63) is 0 Å². The molecule has 3 rings (SSSR count). The zero-order valence-electron chi connectivity index (χ0n) is 10.5. The normalized spacial score (nSPS) is 38.1. The SMILES string of the molecule is CC1CC(NN2CCCCC2)CN1C1CC1. The van der Waals surface area contributed by atoms with Crippen LogP contribution in [0.2, 0.25) is 0 Å². The van der Waals surface area contributed by atoms with Crippen molar-refractivity contribution in [2.24, 2.45) is 0 Å². The monoisotopic (exact) mass is 223 g/mol. The first-order chi connectivity index (χ1) is 7.83. The Morgan fingerprint density at radius 2 is 1.81 bits per heavy atom. The van der Waals surface area contributed by atoms with E-state index < -0.39 is 0 Å². The van der Waals surface area contributed by atoms with E-state index in [0.717, 1.165) is 12.1 Å². The summed E-state index contributed by atoms with van der Waals surface area (Å²) in [6.07, 6.45) is 8.41. The molecule has 2 heterocycles. The fourth-order valence-corrected chi connectivity index (χ4v) is 3.35. The van der Waals surface area contributed by atoms with E-state index in [2.05, 4.69) is 22.3 Å². The lowest BCUT2D eigenvalue weighted by Crippen LogP contribution is -2.48. The lowest BCUT2D eigenvalue weighted by molar-refractivity contribution is 0.128. The fourth-order valence-electron chi connectivity index (χ4n) is 3.35. The first-order valence-corrected chi connectivity index (χ1v) is 7.10. The summed E-state index contributed by atoms with van der Waals surface area (Å²) in [5, 5.41) is 2.47. The second kappa shape index (κ2) is 4.63. The Morgan fingerprint density at radius 3 is 2.50 bits per heavy atom. The third-order valence-electron chi connectivity index (χ3n) is 4.36. The number of hydrogen-bond acceptors (Lipinski definition) is 3. The van der Waals surface area contributed by atoms with E-state index >= 15 is 0 Å². The number of rotatable bonds is 3. The number of nitrogens with zero attached hydrogens (tertiary/aromatic N) is 2. The number of likely N-dealkylation sites (tertiary alicyclic amines) is 1. The molecule has 0 aromatic carbocycles. The molecule has 3 fully saturated rings. The second-order valence-electron chi connectivity index (χ2n) is 5.89. The average molecular weight is 223 g/mol. The molecule has 92 valence electrons. The van der Waals surface area contributed by atoms with Crippen LogP contribution in [0.3, 0.4) is 0 Å². The van der Waals surface area contributed by atoms with Crippen LogP contribution in [0.25, 0.3) is 0 Å². The summed E-state index contributed by atoms with van der Waals surface area (Å²) in [6.45, 7) is 6.20. The molecule has 0 aromatic heterocycles. The molecule has 0 amide bonds. The van der Waals surface area contributed by atoms with Crippen molar-refractivity contribution in [3.8, 4) is 0 Å². The molecule has 0 aromatic rings. The summed E-state index contributed by atoms with van der Waals surface area (Å²) in [4.78, 5) is 2.72.